The first-order valence-corrected chi connectivity index (χ1v) is 4.39. The van der Waals surface area contributed by atoms with E-state index in [9.17, 15) is 0 Å². The van der Waals surface area contributed by atoms with Crippen molar-refractivity contribution in [1.82, 2.24) is 0 Å². The first kappa shape index (κ1) is 10.1. The van der Waals surface area contributed by atoms with Crippen molar-refractivity contribution in [3.63, 3.8) is 0 Å². The zero-order valence-electron chi connectivity index (χ0n) is 7.26. The summed E-state index contributed by atoms with van der Waals surface area (Å²) in [5.41, 5.74) is 7.25. The standard InChI is InChI=1S/C10H12ClNO/c1-7(4-5-12)8-2-3-10(13)9(11)6-8/h2-3,6,13H,1,4-5,12H2. The van der Waals surface area contributed by atoms with Crippen LogP contribution in [0.1, 0.15) is 12.0 Å². The predicted molar refractivity (Wildman–Crippen MR) is 55.8 cm³/mol. The van der Waals surface area contributed by atoms with Gasteiger partial charge in [0, 0.05) is 0 Å². The summed E-state index contributed by atoms with van der Waals surface area (Å²) in [6.07, 6.45) is 0.737. The van der Waals surface area contributed by atoms with E-state index in [2.05, 4.69) is 6.58 Å². The highest BCUT2D eigenvalue weighted by atomic mass is 35.5. The topological polar surface area (TPSA) is 46.2 Å². The maximum absolute atomic E-state index is 9.17. The lowest BCUT2D eigenvalue weighted by molar-refractivity contribution is 0.475. The zero-order chi connectivity index (χ0) is 9.84. The molecule has 0 amide bonds. The molecule has 3 N–H and O–H groups in total. The second kappa shape index (κ2) is 4.30. The van der Waals surface area contributed by atoms with Crippen LogP contribution in [-0.4, -0.2) is 11.7 Å². The lowest BCUT2D eigenvalue weighted by Gasteiger charge is -2.05. The number of benzene rings is 1. The van der Waals surface area contributed by atoms with Crippen LogP contribution < -0.4 is 5.73 Å². The molecular weight excluding hydrogens is 186 g/mol. The molecular formula is C10H12ClNO. The number of hydrogen-bond donors (Lipinski definition) is 2. The van der Waals surface area contributed by atoms with Gasteiger partial charge in [-0.1, -0.05) is 24.2 Å². The van der Waals surface area contributed by atoms with Crippen molar-refractivity contribution in [3.05, 3.63) is 35.4 Å². The monoisotopic (exact) mass is 197 g/mol. The first-order chi connectivity index (χ1) is 6.15. The van der Waals surface area contributed by atoms with Crippen molar-refractivity contribution in [3.8, 4) is 5.75 Å². The summed E-state index contributed by atoms with van der Waals surface area (Å²) in [6.45, 7) is 4.43. The first-order valence-electron chi connectivity index (χ1n) is 4.02. The molecule has 0 atom stereocenters. The molecule has 0 heterocycles. The Balaban J connectivity index is 2.90. The summed E-state index contributed by atoms with van der Waals surface area (Å²) in [5, 5.41) is 9.51. The van der Waals surface area contributed by atoms with E-state index in [-0.39, 0.29) is 5.75 Å². The highest BCUT2D eigenvalue weighted by Gasteiger charge is 2.02. The third-order valence-corrected chi connectivity index (χ3v) is 2.10. The van der Waals surface area contributed by atoms with Gasteiger partial charge in [0.25, 0.3) is 0 Å². The lowest BCUT2D eigenvalue weighted by Crippen LogP contribution is -1.99. The second-order valence-corrected chi connectivity index (χ2v) is 3.22. The fourth-order valence-corrected chi connectivity index (χ4v) is 1.23. The van der Waals surface area contributed by atoms with Crippen molar-refractivity contribution < 1.29 is 5.11 Å². The number of phenolic OH excluding ortho intramolecular Hbond substituents is 1. The molecule has 0 aromatic heterocycles. The van der Waals surface area contributed by atoms with E-state index in [1.165, 1.54) is 0 Å². The number of rotatable bonds is 3. The number of aromatic hydroxyl groups is 1. The van der Waals surface area contributed by atoms with E-state index in [1.807, 2.05) is 0 Å². The number of halogens is 1. The van der Waals surface area contributed by atoms with Crippen molar-refractivity contribution in [2.24, 2.45) is 5.73 Å². The largest absolute Gasteiger partial charge is 0.506 e. The fraction of sp³-hybridized carbons (Fsp3) is 0.200. The van der Waals surface area contributed by atoms with Gasteiger partial charge in [-0.15, -0.1) is 0 Å². The Morgan fingerprint density at radius 1 is 1.54 bits per heavy atom. The van der Waals surface area contributed by atoms with Gasteiger partial charge in [-0.25, -0.2) is 0 Å². The van der Waals surface area contributed by atoms with Crippen LogP contribution in [0.25, 0.3) is 5.57 Å². The third kappa shape index (κ3) is 2.47. The molecule has 0 spiro atoms. The maximum atomic E-state index is 9.17. The molecule has 0 bridgehead atoms. The number of hydrogen-bond acceptors (Lipinski definition) is 2. The van der Waals surface area contributed by atoms with Crippen LogP contribution in [-0.2, 0) is 0 Å². The van der Waals surface area contributed by atoms with Gasteiger partial charge < -0.3 is 10.8 Å². The lowest BCUT2D eigenvalue weighted by atomic mass is 10.0. The molecule has 0 aliphatic rings. The van der Waals surface area contributed by atoms with Crippen LogP contribution in [0.15, 0.2) is 24.8 Å². The number of nitrogens with two attached hydrogens (primary N) is 1. The minimum Gasteiger partial charge on any atom is -0.506 e. The summed E-state index contributed by atoms with van der Waals surface area (Å²) in [5.74, 6) is 0.0889. The molecule has 0 aliphatic carbocycles. The minimum atomic E-state index is 0.0889. The van der Waals surface area contributed by atoms with E-state index in [0.717, 1.165) is 17.6 Å². The Hall–Kier alpha value is -0.990. The van der Waals surface area contributed by atoms with Gasteiger partial charge in [0.1, 0.15) is 5.75 Å². The summed E-state index contributed by atoms with van der Waals surface area (Å²) in [6, 6.07) is 5.02. The van der Waals surface area contributed by atoms with Crippen LogP contribution in [0.4, 0.5) is 0 Å². The van der Waals surface area contributed by atoms with Crippen molar-refractivity contribution in [1.29, 1.82) is 0 Å². The SMILES string of the molecule is C=C(CCN)c1ccc(O)c(Cl)c1. The molecule has 0 aliphatic heterocycles. The molecule has 70 valence electrons. The van der Waals surface area contributed by atoms with Crippen molar-refractivity contribution >= 4 is 17.2 Å². The Labute approximate surface area is 82.6 Å². The van der Waals surface area contributed by atoms with Crippen LogP contribution in [0, 0.1) is 0 Å². The predicted octanol–water partition coefficient (Wildman–Crippen LogP) is 2.41. The Morgan fingerprint density at radius 2 is 2.23 bits per heavy atom. The second-order valence-electron chi connectivity index (χ2n) is 2.81. The van der Waals surface area contributed by atoms with Crippen molar-refractivity contribution in [2.45, 2.75) is 6.42 Å². The molecule has 0 saturated carbocycles. The average Bonchev–Trinajstić information content (AvgIpc) is 2.10. The fourth-order valence-electron chi connectivity index (χ4n) is 1.05. The highest BCUT2D eigenvalue weighted by molar-refractivity contribution is 6.32. The third-order valence-electron chi connectivity index (χ3n) is 1.80. The minimum absolute atomic E-state index is 0.0889. The molecule has 0 unspecified atom stereocenters. The summed E-state index contributed by atoms with van der Waals surface area (Å²) in [4.78, 5) is 0. The van der Waals surface area contributed by atoms with Crippen LogP contribution in [0.3, 0.4) is 0 Å². The maximum Gasteiger partial charge on any atom is 0.134 e. The van der Waals surface area contributed by atoms with E-state index in [0.29, 0.717) is 11.6 Å². The van der Waals surface area contributed by atoms with Crippen LogP contribution in [0.2, 0.25) is 5.02 Å². The summed E-state index contributed by atoms with van der Waals surface area (Å²) in [7, 11) is 0. The average molecular weight is 198 g/mol. The molecule has 3 heteroatoms. The van der Waals surface area contributed by atoms with E-state index >= 15 is 0 Å². The number of phenols is 1. The Kier molecular flexibility index (Phi) is 3.34. The molecule has 13 heavy (non-hydrogen) atoms. The van der Waals surface area contributed by atoms with Gasteiger partial charge in [0.05, 0.1) is 5.02 Å². The molecule has 2 nitrogen and oxygen atoms in total. The van der Waals surface area contributed by atoms with Gasteiger partial charge in [-0.2, -0.15) is 0 Å². The van der Waals surface area contributed by atoms with E-state index in [4.69, 9.17) is 22.4 Å². The van der Waals surface area contributed by atoms with Gasteiger partial charge in [0.15, 0.2) is 0 Å². The van der Waals surface area contributed by atoms with Crippen LogP contribution >= 0.6 is 11.6 Å². The molecule has 0 saturated heterocycles. The van der Waals surface area contributed by atoms with Gasteiger partial charge >= 0.3 is 0 Å². The van der Waals surface area contributed by atoms with Gasteiger partial charge in [-0.3, -0.25) is 0 Å². The van der Waals surface area contributed by atoms with Gasteiger partial charge in [-0.05, 0) is 36.2 Å². The quantitative estimate of drug-likeness (QED) is 0.782. The normalized spacial score (nSPS) is 10.0. The molecule has 1 aromatic rings. The highest BCUT2D eigenvalue weighted by Crippen LogP contribution is 2.27. The molecule has 1 rings (SSSR count). The Bertz CT molecular complexity index is 323. The smallest absolute Gasteiger partial charge is 0.134 e. The summed E-state index contributed by atoms with van der Waals surface area (Å²) < 4.78 is 0. The zero-order valence-corrected chi connectivity index (χ0v) is 8.01. The van der Waals surface area contributed by atoms with E-state index < -0.39 is 0 Å². The van der Waals surface area contributed by atoms with Crippen molar-refractivity contribution in [2.75, 3.05) is 6.54 Å². The van der Waals surface area contributed by atoms with Gasteiger partial charge in [0.2, 0.25) is 0 Å². The van der Waals surface area contributed by atoms with E-state index in [1.54, 1.807) is 18.2 Å². The van der Waals surface area contributed by atoms with Crippen LogP contribution in [0.5, 0.6) is 5.75 Å². The Morgan fingerprint density at radius 3 is 2.77 bits per heavy atom. The summed E-state index contributed by atoms with van der Waals surface area (Å²) >= 11 is 5.74. The molecule has 0 radical (unpaired) electrons. The molecule has 1 aromatic carbocycles. The molecule has 0 fully saturated rings.